The molecule has 1 rings (SSSR count). The van der Waals surface area contributed by atoms with Crippen LogP contribution in [0.15, 0.2) is 36.6 Å². The van der Waals surface area contributed by atoms with E-state index in [2.05, 4.69) is 50.3 Å². The Morgan fingerprint density at radius 3 is 2.69 bits per heavy atom. The molecular weight excluding hydrogens is 158 g/mol. The Kier molecular flexibility index (Phi) is 3.13. The van der Waals surface area contributed by atoms with Crippen molar-refractivity contribution in [2.45, 2.75) is 20.8 Å². The molecule has 0 fully saturated rings. The summed E-state index contributed by atoms with van der Waals surface area (Å²) in [4.78, 5) is 0. The first-order valence-electron chi connectivity index (χ1n) is 4.61. The zero-order valence-corrected chi connectivity index (χ0v) is 8.62. The number of aryl methyl sites for hydroxylation is 1. The van der Waals surface area contributed by atoms with Gasteiger partial charge in [0.05, 0.1) is 0 Å². The van der Waals surface area contributed by atoms with Gasteiger partial charge in [-0.05, 0) is 31.1 Å². The van der Waals surface area contributed by atoms with Crippen LogP contribution in [0.2, 0.25) is 0 Å². The maximum Gasteiger partial charge on any atom is 0.0189 e. The van der Waals surface area contributed by atoms with Gasteiger partial charge in [-0.15, -0.1) is 0 Å². The highest BCUT2D eigenvalue weighted by Crippen LogP contribution is 2.09. The van der Waals surface area contributed by atoms with Crippen LogP contribution < -0.4 is 0 Å². The van der Waals surface area contributed by atoms with Crippen molar-refractivity contribution in [1.29, 1.82) is 0 Å². The summed E-state index contributed by atoms with van der Waals surface area (Å²) in [6.45, 7) is 10.4. The van der Waals surface area contributed by atoms with Gasteiger partial charge in [-0.25, -0.2) is 0 Å². The van der Waals surface area contributed by atoms with Gasteiger partial charge >= 0.3 is 0 Å². The molecule has 0 saturated carbocycles. The molecule has 0 radical (unpaired) electrons. The molecule has 1 heteroatoms. The minimum absolute atomic E-state index is 0.520. The predicted octanol–water partition coefficient (Wildman–Crippen LogP) is 3.48. The van der Waals surface area contributed by atoms with E-state index in [1.807, 2.05) is 12.3 Å². The van der Waals surface area contributed by atoms with E-state index in [4.69, 9.17) is 0 Å². The minimum Gasteiger partial charge on any atom is -0.328 e. The SMILES string of the molecule is C=C(/C=C\n1cccc1C)C(C)C. The summed E-state index contributed by atoms with van der Waals surface area (Å²) in [5.41, 5.74) is 2.40. The molecule has 1 heterocycles. The van der Waals surface area contributed by atoms with Gasteiger partial charge in [0.2, 0.25) is 0 Å². The monoisotopic (exact) mass is 175 g/mol. The van der Waals surface area contributed by atoms with Crippen molar-refractivity contribution < 1.29 is 0 Å². The van der Waals surface area contributed by atoms with Crippen LogP contribution in [0.5, 0.6) is 0 Å². The lowest BCUT2D eigenvalue weighted by Gasteiger charge is -2.03. The van der Waals surface area contributed by atoms with Gasteiger partial charge in [0, 0.05) is 18.1 Å². The highest BCUT2D eigenvalue weighted by molar-refractivity contribution is 5.35. The number of hydrogen-bond donors (Lipinski definition) is 0. The Hall–Kier alpha value is -1.24. The van der Waals surface area contributed by atoms with Crippen LogP contribution in [0.4, 0.5) is 0 Å². The Labute approximate surface area is 80.4 Å². The molecule has 0 aromatic carbocycles. The summed E-state index contributed by atoms with van der Waals surface area (Å²) in [6.07, 6.45) is 6.16. The van der Waals surface area contributed by atoms with Crippen LogP contribution in [0.3, 0.4) is 0 Å². The quantitative estimate of drug-likeness (QED) is 0.620. The summed E-state index contributed by atoms with van der Waals surface area (Å²) in [6, 6.07) is 4.13. The Morgan fingerprint density at radius 1 is 1.54 bits per heavy atom. The predicted molar refractivity (Wildman–Crippen MR) is 58.5 cm³/mol. The fourth-order valence-electron chi connectivity index (χ4n) is 1.01. The molecule has 70 valence electrons. The van der Waals surface area contributed by atoms with Gasteiger partial charge in [-0.1, -0.05) is 26.0 Å². The summed E-state index contributed by atoms with van der Waals surface area (Å²) in [5.74, 6) is 0.520. The topological polar surface area (TPSA) is 4.93 Å². The largest absolute Gasteiger partial charge is 0.328 e. The average Bonchev–Trinajstić information content (AvgIpc) is 2.47. The third-order valence-electron chi connectivity index (χ3n) is 2.18. The molecule has 1 aromatic heterocycles. The fourth-order valence-corrected chi connectivity index (χ4v) is 1.01. The third-order valence-corrected chi connectivity index (χ3v) is 2.18. The highest BCUT2D eigenvalue weighted by atomic mass is 14.9. The van der Waals surface area contributed by atoms with E-state index < -0.39 is 0 Å². The Morgan fingerprint density at radius 2 is 2.23 bits per heavy atom. The highest BCUT2D eigenvalue weighted by Gasteiger charge is 1.94. The zero-order chi connectivity index (χ0) is 9.84. The van der Waals surface area contributed by atoms with Crippen molar-refractivity contribution in [2.75, 3.05) is 0 Å². The fraction of sp³-hybridized carbons (Fsp3) is 0.333. The summed E-state index contributed by atoms with van der Waals surface area (Å²) in [5, 5.41) is 0. The van der Waals surface area contributed by atoms with Gasteiger partial charge in [0.15, 0.2) is 0 Å². The molecule has 0 aliphatic carbocycles. The van der Waals surface area contributed by atoms with Crippen molar-refractivity contribution in [1.82, 2.24) is 4.57 Å². The second-order valence-corrected chi connectivity index (χ2v) is 3.60. The molecule has 0 unspecified atom stereocenters. The van der Waals surface area contributed by atoms with E-state index in [-0.39, 0.29) is 0 Å². The maximum absolute atomic E-state index is 3.98. The van der Waals surface area contributed by atoms with Crippen LogP contribution >= 0.6 is 0 Å². The lowest BCUT2D eigenvalue weighted by Crippen LogP contribution is -1.90. The van der Waals surface area contributed by atoms with Gasteiger partial charge in [0.25, 0.3) is 0 Å². The first kappa shape index (κ1) is 9.85. The smallest absolute Gasteiger partial charge is 0.0189 e. The molecule has 0 amide bonds. The molecule has 0 aliphatic rings. The van der Waals surface area contributed by atoms with Gasteiger partial charge in [0.1, 0.15) is 0 Å². The summed E-state index contributed by atoms with van der Waals surface area (Å²) >= 11 is 0. The molecular formula is C12H17N. The van der Waals surface area contributed by atoms with Crippen molar-refractivity contribution in [3.63, 3.8) is 0 Å². The van der Waals surface area contributed by atoms with Crippen LogP contribution in [-0.4, -0.2) is 4.57 Å². The second-order valence-electron chi connectivity index (χ2n) is 3.60. The number of nitrogens with zero attached hydrogens (tertiary/aromatic N) is 1. The van der Waals surface area contributed by atoms with Gasteiger partial charge in [-0.2, -0.15) is 0 Å². The Bertz CT molecular complexity index is 316. The first-order valence-corrected chi connectivity index (χ1v) is 4.61. The molecule has 0 bridgehead atoms. The molecule has 1 aromatic rings. The number of hydrogen-bond acceptors (Lipinski definition) is 0. The van der Waals surface area contributed by atoms with Crippen LogP contribution in [-0.2, 0) is 0 Å². The Balaban J connectivity index is 2.69. The number of aromatic nitrogens is 1. The summed E-state index contributed by atoms with van der Waals surface area (Å²) < 4.78 is 2.09. The molecule has 0 N–H and O–H groups in total. The van der Waals surface area contributed by atoms with E-state index in [9.17, 15) is 0 Å². The lowest BCUT2D eigenvalue weighted by atomic mass is 10.1. The van der Waals surface area contributed by atoms with E-state index in [0.717, 1.165) is 5.57 Å². The van der Waals surface area contributed by atoms with E-state index in [1.54, 1.807) is 0 Å². The third kappa shape index (κ3) is 2.62. The van der Waals surface area contributed by atoms with E-state index >= 15 is 0 Å². The van der Waals surface area contributed by atoms with Crippen molar-refractivity contribution in [3.8, 4) is 0 Å². The molecule has 0 aliphatic heterocycles. The van der Waals surface area contributed by atoms with Crippen LogP contribution in [0.25, 0.3) is 6.20 Å². The van der Waals surface area contributed by atoms with E-state index in [1.165, 1.54) is 5.69 Å². The van der Waals surface area contributed by atoms with Crippen molar-refractivity contribution in [2.24, 2.45) is 5.92 Å². The molecule has 1 nitrogen and oxygen atoms in total. The number of allylic oxidation sites excluding steroid dienone is 2. The first-order chi connectivity index (χ1) is 6.11. The summed E-state index contributed by atoms with van der Waals surface area (Å²) in [7, 11) is 0. The number of rotatable bonds is 3. The zero-order valence-electron chi connectivity index (χ0n) is 8.62. The minimum atomic E-state index is 0.520. The van der Waals surface area contributed by atoms with Crippen molar-refractivity contribution in [3.05, 3.63) is 42.3 Å². The standard InChI is InChI=1S/C12H17N/c1-10(2)11(3)7-9-13-8-5-6-12(13)4/h5-10H,3H2,1-2,4H3/b9-7-. The average molecular weight is 175 g/mol. The molecule has 13 heavy (non-hydrogen) atoms. The van der Waals surface area contributed by atoms with Crippen LogP contribution in [0.1, 0.15) is 19.5 Å². The normalized spacial score (nSPS) is 11.4. The molecule has 0 atom stereocenters. The maximum atomic E-state index is 3.98. The van der Waals surface area contributed by atoms with Gasteiger partial charge < -0.3 is 4.57 Å². The van der Waals surface area contributed by atoms with E-state index in [0.29, 0.717) is 5.92 Å². The van der Waals surface area contributed by atoms with Crippen molar-refractivity contribution >= 4 is 6.20 Å². The lowest BCUT2D eigenvalue weighted by molar-refractivity contribution is 0.795. The molecule has 0 spiro atoms. The van der Waals surface area contributed by atoms with Gasteiger partial charge in [-0.3, -0.25) is 0 Å². The van der Waals surface area contributed by atoms with Crippen LogP contribution in [0, 0.1) is 12.8 Å². The molecule has 0 saturated heterocycles. The second kappa shape index (κ2) is 4.13.